The highest BCUT2D eigenvalue weighted by molar-refractivity contribution is 6.38. The van der Waals surface area contributed by atoms with Crippen LogP contribution in [0.2, 0.25) is 0 Å². The van der Waals surface area contributed by atoms with Crippen LogP contribution in [0.4, 0.5) is 0 Å². The van der Waals surface area contributed by atoms with Gasteiger partial charge in [0, 0.05) is 0 Å². The van der Waals surface area contributed by atoms with Gasteiger partial charge >= 0.3 is 5.97 Å². The van der Waals surface area contributed by atoms with Crippen molar-refractivity contribution in [3.8, 4) is 0 Å². The number of rotatable bonds is 4. The molecule has 1 fully saturated rings. The average Bonchev–Trinajstić information content (AvgIpc) is 3.10. The smallest absolute Gasteiger partial charge is 0.376 e. The van der Waals surface area contributed by atoms with Crippen molar-refractivity contribution in [2.45, 2.75) is 18.8 Å². The minimum absolute atomic E-state index is 0.707. The van der Waals surface area contributed by atoms with Gasteiger partial charge in [-0.25, -0.2) is 4.79 Å². The number of carbonyl (C=O) groups excluding carboxylic acids is 1. The minimum atomic E-state index is -1.43. The lowest BCUT2D eigenvalue weighted by molar-refractivity contribution is -0.146. The second-order valence-corrected chi connectivity index (χ2v) is 3.94. The van der Waals surface area contributed by atoms with Crippen LogP contribution in [0, 0.1) is 0 Å². The molecule has 1 aromatic carbocycles. The van der Waals surface area contributed by atoms with Crippen LogP contribution in [0.3, 0.4) is 0 Å². The minimum Gasteiger partial charge on any atom is -0.475 e. The van der Waals surface area contributed by atoms with Crippen molar-refractivity contribution in [3.05, 3.63) is 41.5 Å². The van der Waals surface area contributed by atoms with Crippen LogP contribution in [0.5, 0.6) is 0 Å². The number of carboxylic acids is 1. The molecular weight excluding hydrogens is 204 g/mol. The predicted molar refractivity (Wildman–Crippen MR) is 60.1 cm³/mol. The molecule has 1 aliphatic carbocycles. The third kappa shape index (κ3) is 2.57. The Morgan fingerprint density at radius 1 is 1.19 bits per heavy atom. The highest BCUT2D eigenvalue weighted by atomic mass is 16.4. The standard InChI is InChI=1S/C13H12O3/c14-12(13(15)16)8-3-9-1-4-10(5-2-9)11-6-7-11/h1-5,8,11H,6-7H2,(H,15,16)/b8-3+. The van der Waals surface area contributed by atoms with Crippen LogP contribution in [0.1, 0.15) is 29.9 Å². The molecular formula is C13H12O3. The lowest BCUT2D eigenvalue weighted by Crippen LogP contribution is -2.08. The molecule has 0 heterocycles. The highest BCUT2D eigenvalue weighted by Crippen LogP contribution is 2.39. The first-order chi connectivity index (χ1) is 7.66. The number of hydrogen-bond acceptors (Lipinski definition) is 2. The van der Waals surface area contributed by atoms with E-state index in [-0.39, 0.29) is 0 Å². The van der Waals surface area contributed by atoms with E-state index in [9.17, 15) is 9.59 Å². The van der Waals surface area contributed by atoms with Crippen molar-refractivity contribution in [1.82, 2.24) is 0 Å². The van der Waals surface area contributed by atoms with Gasteiger partial charge in [0.15, 0.2) is 0 Å². The lowest BCUT2D eigenvalue weighted by Gasteiger charge is -1.97. The second-order valence-electron chi connectivity index (χ2n) is 3.94. The first kappa shape index (κ1) is 10.6. The largest absolute Gasteiger partial charge is 0.475 e. The van der Waals surface area contributed by atoms with Crippen LogP contribution in [-0.2, 0) is 9.59 Å². The molecule has 82 valence electrons. The van der Waals surface area contributed by atoms with Gasteiger partial charge in [0.25, 0.3) is 5.78 Å². The molecule has 0 amide bonds. The van der Waals surface area contributed by atoms with Gasteiger partial charge in [-0.1, -0.05) is 30.3 Å². The number of aliphatic carboxylic acids is 1. The summed E-state index contributed by atoms with van der Waals surface area (Å²) in [7, 11) is 0. The number of hydrogen-bond donors (Lipinski definition) is 1. The number of carbonyl (C=O) groups is 2. The van der Waals surface area contributed by atoms with Crippen molar-refractivity contribution >= 4 is 17.8 Å². The van der Waals surface area contributed by atoms with E-state index in [0.717, 1.165) is 11.6 Å². The Morgan fingerprint density at radius 2 is 1.81 bits per heavy atom. The van der Waals surface area contributed by atoms with Gasteiger partial charge in [-0.2, -0.15) is 0 Å². The fourth-order valence-electron chi connectivity index (χ4n) is 1.54. The predicted octanol–water partition coefficient (Wildman–Crippen LogP) is 2.23. The molecule has 0 aliphatic heterocycles. The van der Waals surface area contributed by atoms with Gasteiger partial charge in [0.1, 0.15) is 0 Å². The molecule has 0 spiro atoms. The quantitative estimate of drug-likeness (QED) is 0.620. The Labute approximate surface area is 93.4 Å². The second kappa shape index (κ2) is 4.31. The van der Waals surface area contributed by atoms with Crippen molar-refractivity contribution < 1.29 is 14.7 Å². The molecule has 3 nitrogen and oxygen atoms in total. The summed E-state index contributed by atoms with van der Waals surface area (Å²) in [5, 5.41) is 8.38. The molecule has 16 heavy (non-hydrogen) atoms. The SMILES string of the molecule is O=C(O)C(=O)/C=C/c1ccc(C2CC2)cc1. The summed E-state index contributed by atoms with van der Waals surface area (Å²) in [6, 6.07) is 7.86. The zero-order valence-corrected chi connectivity index (χ0v) is 8.72. The summed E-state index contributed by atoms with van der Waals surface area (Å²) in [4.78, 5) is 21.1. The van der Waals surface area contributed by atoms with E-state index in [4.69, 9.17) is 5.11 Å². The fraction of sp³-hybridized carbons (Fsp3) is 0.231. The van der Waals surface area contributed by atoms with E-state index >= 15 is 0 Å². The molecule has 1 N–H and O–H groups in total. The van der Waals surface area contributed by atoms with E-state index in [1.54, 1.807) is 0 Å². The molecule has 0 aromatic heterocycles. The van der Waals surface area contributed by atoms with Crippen LogP contribution in [0.15, 0.2) is 30.3 Å². The zero-order valence-electron chi connectivity index (χ0n) is 8.72. The molecule has 1 aromatic rings. The monoisotopic (exact) mass is 216 g/mol. The highest BCUT2D eigenvalue weighted by Gasteiger charge is 2.22. The maximum absolute atomic E-state index is 10.8. The maximum Gasteiger partial charge on any atom is 0.376 e. The summed E-state index contributed by atoms with van der Waals surface area (Å²) >= 11 is 0. The fourth-order valence-corrected chi connectivity index (χ4v) is 1.54. The Bertz CT molecular complexity index is 439. The third-order valence-corrected chi connectivity index (χ3v) is 2.62. The van der Waals surface area contributed by atoms with Gasteiger partial charge in [0.05, 0.1) is 0 Å². The molecule has 0 radical (unpaired) electrons. The van der Waals surface area contributed by atoms with Gasteiger partial charge < -0.3 is 5.11 Å². The van der Waals surface area contributed by atoms with Crippen molar-refractivity contribution in [3.63, 3.8) is 0 Å². The summed E-state index contributed by atoms with van der Waals surface area (Å²) in [6.45, 7) is 0. The maximum atomic E-state index is 10.8. The zero-order chi connectivity index (χ0) is 11.5. The van der Waals surface area contributed by atoms with Crippen LogP contribution >= 0.6 is 0 Å². The summed E-state index contributed by atoms with van der Waals surface area (Å²) in [6.07, 6.45) is 5.11. The van der Waals surface area contributed by atoms with Crippen LogP contribution in [-0.4, -0.2) is 16.9 Å². The van der Waals surface area contributed by atoms with E-state index in [1.165, 1.54) is 24.5 Å². The number of ketones is 1. The van der Waals surface area contributed by atoms with Crippen molar-refractivity contribution in [1.29, 1.82) is 0 Å². The van der Waals surface area contributed by atoms with E-state index in [0.29, 0.717) is 5.92 Å². The number of carboxylic acid groups (broad SMARTS) is 1. The van der Waals surface area contributed by atoms with Gasteiger partial charge in [-0.05, 0) is 36.0 Å². The molecule has 3 heteroatoms. The average molecular weight is 216 g/mol. The molecule has 1 saturated carbocycles. The van der Waals surface area contributed by atoms with Gasteiger partial charge in [-0.15, -0.1) is 0 Å². The van der Waals surface area contributed by atoms with E-state index in [1.807, 2.05) is 24.3 Å². The molecule has 1 aliphatic rings. The summed E-state index contributed by atoms with van der Waals surface area (Å²) in [5.41, 5.74) is 2.17. The van der Waals surface area contributed by atoms with Crippen LogP contribution < -0.4 is 0 Å². The van der Waals surface area contributed by atoms with Gasteiger partial charge in [-0.3, -0.25) is 4.79 Å². The third-order valence-electron chi connectivity index (χ3n) is 2.62. The van der Waals surface area contributed by atoms with E-state index in [2.05, 4.69) is 0 Å². The summed E-state index contributed by atoms with van der Waals surface area (Å²) < 4.78 is 0. The van der Waals surface area contributed by atoms with E-state index < -0.39 is 11.8 Å². The molecule has 0 bridgehead atoms. The summed E-state index contributed by atoms with van der Waals surface area (Å²) in [5.74, 6) is -1.61. The van der Waals surface area contributed by atoms with Crippen molar-refractivity contribution in [2.75, 3.05) is 0 Å². The Hall–Kier alpha value is -1.90. The Kier molecular flexibility index (Phi) is 2.86. The Balaban J connectivity index is 2.04. The van der Waals surface area contributed by atoms with Gasteiger partial charge in [0.2, 0.25) is 0 Å². The topological polar surface area (TPSA) is 54.4 Å². The molecule has 0 unspecified atom stereocenters. The van der Waals surface area contributed by atoms with Crippen LogP contribution in [0.25, 0.3) is 6.08 Å². The normalized spacial score (nSPS) is 15.2. The first-order valence-electron chi connectivity index (χ1n) is 5.22. The molecule has 2 rings (SSSR count). The van der Waals surface area contributed by atoms with Crippen molar-refractivity contribution in [2.24, 2.45) is 0 Å². The molecule has 0 atom stereocenters. The lowest BCUT2D eigenvalue weighted by atomic mass is 10.1. The number of benzene rings is 1. The first-order valence-corrected chi connectivity index (χ1v) is 5.22. The molecule has 0 saturated heterocycles. The Morgan fingerprint density at radius 3 is 2.31 bits per heavy atom.